The first-order valence-corrected chi connectivity index (χ1v) is 11.6. The van der Waals surface area contributed by atoms with E-state index in [4.69, 9.17) is 38.3 Å². The van der Waals surface area contributed by atoms with Gasteiger partial charge in [-0.3, -0.25) is 4.99 Å². The second-order valence-corrected chi connectivity index (χ2v) is 8.45. The van der Waals surface area contributed by atoms with Gasteiger partial charge in [-0.2, -0.15) is 0 Å². The summed E-state index contributed by atoms with van der Waals surface area (Å²) in [6.07, 6.45) is 2.91. The molecule has 34 heavy (non-hydrogen) atoms. The van der Waals surface area contributed by atoms with Crippen LogP contribution in [0.15, 0.2) is 111 Å². The van der Waals surface area contributed by atoms with Gasteiger partial charge in [-0.1, -0.05) is 60.7 Å². The summed E-state index contributed by atoms with van der Waals surface area (Å²) in [4.78, 5) is 8.67. The molecule has 1 fully saturated rings. The maximum absolute atomic E-state index is 6.02. The van der Waals surface area contributed by atoms with Gasteiger partial charge in [-0.15, -0.1) is 0 Å². The Kier molecular flexibility index (Phi) is 6.51. The van der Waals surface area contributed by atoms with Crippen LogP contribution in [0.5, 0.6) is 0 Å². The summed E-state index contributed by atoms with van der Waals surface area (Å²) >= 11 is 11.8. The number of furan rings is 2. The van der Waals surface area contributed by atoms with Crippen LogP contribution >= 0.6 is 24.4 Å². The quantitative estimate of drug-likeness (QED) is 0.220. The van der Waals surface area contributed by atoms with Crippen molar-refractivity contribution in [2.45, 2.75) is 19.3 Å². The summed E-state index contributed by atoms with van der Waals surface area (Å²) in [5, 5.41) is 4.33. The molecule has 1 unspecified atom stereocenters. The first kappa shape index (κ1) is 22.1. The second-order valence-electron chi connectivity index (χ2n) is 7.70. The number of benzene rings is 2. The Hall–Kier alpha value is -3.75. The van der Waals surface area contributed by atoms with E-state index in [-0.39, 0.29) is 6.17 Å². The summed E-state index contributed by atoms with van der Waals surface area (Å²) in [5.74, 6) is 1.85. The monoisotopic (exact) mass is 486 g/mol. The van der Waals surface area contributed by atoms with E-state index in [0.29, 0.717) is 34.9 Å². The van der Waals surface area contributed by atoms with Crippen molar-refractivity contribution in [2.24, 2.45) is 4.99 Å². The molecule has 0 aliphatic carbocycles. The van der Waals surface area contributed by atoms with Gasteiger partial charge in [0.15, 0.2) is 28.0 Å². The highest BCUT2D eigenvalue weighted by atomic mass is 32.1. The van der Waals surface area contributed by atoms with E-state index in [1.54, 1.807) is 17.4 Å². The van der Waals surface area contributed by atoms with E-state index in [2.05, 4.69) is 17.4 Å². The molecule has 8 heteroatoms. The summed E-state index contributed by atoms with van der Waals surface area (Å²) < 4.78 is 11.5. The van der Waals surface area contributed by atoms with Crippen molar-refractivity contribution in [1.82, 2.24) is 15.1 Å². The number of aliphatic imine (C=N–C) groups is 1. The molecule has 2 aromatic heterocycles. The molecule has 0 bridgehead atoms. The lowest BCUT2D eigenvalue weighted by molar-refractivity contribution is 0.225. The molecule has 1 aliphatic heterocycles. The van der Waals surface area contributed by atoms with Gasteiger partial charge in [0.1, 0.15) is 5.76 Å². The molecule has 0 amide bonds. The molecule has 3 heterocycles. The molecule has 1 atom stereocenters. The van der Waals surface area contributed by atoms with E-state index in [9.17, 15) is 0 Å². The second kappa shape index (κ2) is 10.0. The number of amidine groups is 1. The highest BCUT2D eigenvalue weighted by Gasteiger charge is 2.39. The maximum atomic E-state index is 6.02. The molecule has 5 rings (SSSR count). The molecule has 6 nitrogen and oxygen atoms in total. The van der Waals surface area contributed by atoms with Crippen LogP contribution in [0, 0.1) is 0 Å². The van der Waals surface area contributed by atoms with Gasteiger partial charge < -0.3 is 19.1 Å². The zero-order valence-electron chi connectivity index (χ0n) is 18.2. The number of thiocarbonyl (C=S) groups is 2. The summed E-state index contributed by atoms with van der Waals surface area (Å²) in [5.41, 5.74) is 2.18. The largest absolute Gasteiger partial charge is 0.465 e. The number of rotatable bonds is 6. The molecule has 0 radical (unpaired) electrons. The third-order valence-corrected chi connectivity index (χ3v) is 6.15. The van der Waals surface area contributed by atoms with Crippen LogP contribution in [0.1, 0.15) is 28.8 Å². The van der Waals surface area contributed by atoms with Crippen molar-refractivity contribution >= 4 is 40.5 Å². The zero-order valence-corrected chi connectivity index (χ0v) is 19.8. The van der Waals surface area contributed by atoms with Crippen molar-refractivity contribution < 1.29 is 8.83 Å². The number of hydrogen-bond donors (Lipinski definition) is 1. The smallest absolute Gasteiger partial charge is 0.186 e. The lowest BCUT2D eigenvalue weighted by atomic mass is 10.2. The molecule has 1 aliphatic rings. The van der Waals surface area contributed by atoms with E-state index in [1.165, 1.54) is 0 Å². The molecule has 1 N–H and O–H groups in total. The normalized spacial score (nSPS) is 16.6. The zero-order chi connectivity index (χ0) is 23.3. The van der Waals surface area contributed by atoms with Crippen LogP contribution in [0.4, 0.5) is 0 Å². The van der Waals surface area contributed by atoms with E-state index >= 15 is 0 Å². The van der Waals surface area contributed by atoms with Crippen LogP contribution in [0.25, 0.3) is 0 Å². The Bertz CT molecular complexity index is 1270. The minimum absolute atomic E-state index is 0.349. The average Bonchev–Trinajstić information content (AvgIpc) is 3.59. The molecule has 170 valence electrons. The molecule has 1 saturated heterocycles. The standard InChI is InChI=1S/C26H22N4O2S2/c33-25-28-24(22-14-8-16-32-22)29(18-20-11-5-2-6-12-20)26(34)30(25)23(21-13-7-15-31-21)27-17-19-9-3-1-4-10-19/h1-16,24H,17-18H2,(H,28,33). The molecule has 4 aromatic rings. The van der Waals surface area contributed by atoms with Gasteiger partial charge in [0.25, 0.3) is 0 Å². The first-order valence-electron chi connectivity index (χ1n) is 10.8. The highest BCUT2D eigenvalue weighted by molar-refractivity contribution is 7.81. The van der Waals surface area contributed by atoms with Gasteiger partial charge in [0.05, 0.1) is 19.1 Å². The molecular formula is C26H22N4O2S2. The Balaban J connectivity index is 1.52. The predicted molar refractivity (Wildman–Crippen MR) is 139 cm³/mol. The molecular weight excluding hydrogens is 464 g/mol. The van der Waals surface area contributed by atoms with Crippen LogP contribution in [0.2, 0.25) is 0 Å². The fraction of sp³-hybridized carbons (Fsp3) is 0.115. The van der Waals surface area contributed by atoms with Crippen LogP contribution in [-0.4, -0.2) is 25.9 Å². The maximum Gasteiger partial charge on any atom is 0.186 e. The minimum Gasteiger partial charge on any atom is -0.465 e. The topological polar surface area (TPSA) is 57.2 Å². The van der Waals surface area contributed by atoms with Crippen molar-refractivity contribution in [3.05, 3.63) is 120 Å². The van der Waals surface area contributed by atoms with Gasteiger partial charge >= 0.3 is 0 Å². The van der Waals surface area contributed by atoms with Crippen molar-refractivity contribution in [1.29, 1.82) is 0 Å². The predicted octanol–water partition coefficient (Wildman–Crippen LogP) is 5.50. The Morgan fingerprint density at radius 3 is 2.15 bits per heavy atom. The Morgan fingerprint density at radius 2 is 1.50 bits per heavy atom. The fourth-order valence-corrected chi connectivity index (χ4v) is 4.49. The van der Waals surface area contributed by atoms with Crippen molar-refractivity contribution in [3.8, 4) is 0 Å². The average molecular weight is 487 g/mol. The molecule has 0 spiro atoms. The van der Waals surface area contributed by atoms with Crippen LogP contribution in [0.3, 0.4) is 0 Å². The van der Waals surface area contributed by atoms with Crippen molar-refractivity contribution in [3.63, 3.8) is 0 Å². The number of nitrogens with zero attached hydrogens (tertiary/aromatic N) is 3. The van der Waals surface area contributed by atoms with E-state index < -0.39 is 0 Å². The number of nitrogens with one attached hydrogen (secondary N) is 1. The van der Waals surface area contributed by atoms with Gasteiger partial charge in [0.2, 0.25) is 0 Å². The third kappa shape index (κ3) is 4.64. The van der Waals surface area contributed by atoms with Gasteiger partial charge in [-0.05, 0) is 59.8 Å². The highest BCUT2D eigenvalue weighted by Crippen LogP contribution is 2.28. The number of hydrogen-bond acceptors (Lipinski definition) is 5. The Morgan fingerprint density at radius 1 is 0.824 bits per heavy atom. The molecule has 2 aromatic carbocycles. The van der Waals surface area contributed by atoms with Crippen LogP contribution < -0.4 is 5.32 Å². The summed E-state index contributed by atoms with van der Waals surface area (Å²) in [7, 11) is 0. The summed E-state index contributed by atoms with van der Waals surface area (Å²) in [6, 6.07) is 27.6. The fourth-order valence-electron chi connectivity index (χ4n) is 3.80. The van der Waals surface area contributed by atoms with Gasteiger partial charge in [0, 0.05) is 6.54 Å². The summed E-state index contributed by atoms with van der Waals surface area (Å²) in [6.45, 7) is 1.01. The van der Waals surface area contributed by atoms with E-state index in [1.807, 2.05) is 77.7 Å². The Labute approximate surface area is 208 Å². The molecule has 0 saturated carbocycles. The lowest BCUT2D eigenvalue weighted by Gasteiger charge is -2.44. The minimum atomic E-state index is -0.349. The first-order chi connectivity index (χ1) is 16.7. The van der Waals surface area contributed by atoms with E-state index in [0.717, 1.165) is 16.9 Å². The van der Waals surface area contributed by atoms with Gasteiger partial charge in [-0.25, -0.2) is 4.90 Å². The van der Waals surface area contributed by atoms with Crippen LogP contribution in [-0.2, 0) is 13.1 Å². The lowest BCUT2D eigenvalue weighted by Crippen LogP contribution is -2.62. The third-order valence-electron chi connectivity index (χ3n) is 5.43. The van der Waals surface area contributed by atoms with Crippen molar-refractivity contribution in [2.75, 3.05) is 0 Å². The SMILES string of the molecule is S=C1NC(c2ccco2)N(Cc2ccccc2)C(=S)N1C(=NCc1ccccc1)c1ccco1.